The van der Waals surface area contributed by atoms with Crippen LogP contribution in [0.4, 0.5) is 0 Å². The zero-order valence-electron chi connectivity index (χ0n) is 25.2. The van der Waals surface area contributed by atoms with Gasteiger partial charge in [0.2, 0.25) is 0 Å². The van der Waals surface area contributed by atoms with E-state index in [1.165, 1.54) is 89.9 Å². The molecule has 0 amide bonds. The first kappa shape index (κ1) is 35.0. The van der Waals surface area contributed by atoms with E-state index in [0.717, 1.165) is 36.8 Å². The first-order chi connectivity index (χ1) is 19.2. The summed E-state index contributed by atoms with van der Waals surface area (Å²) in [6.07, 6.45) is 18.5. The summed E-state index contributed by atoms with van der Waals surface area (Å²) in [4.78, 5) is 8.36. The molecule has 0 spiro atoms. The standard InChI is InChI=1S/2C15H27N3.Cu.HNO3/c2*1-10-5-6-11-9-14(13-4-2-3-7-17-13)18-15(16)12(11)8-10;;2-1(3)4/h2*10-15H,2-9,16H2,1H3;;(H,2,3,4)/q2*-2;+1;. The SMILES string of the molecule is CC1CCC2CC(C3CCCC[N-]3)[N-]C(N)C2C1.CC1CCC2CC(C3CCCC[N-]3)[N-]C(N)C2C1.O=[N+]([O-])O.[Cu+]. The molecule has 11 heteroatoms. The summed E-state index contributed by atoms with van der Waals surface area (Å²) in [5, 5.41) is 33.0. The molecule has 10 nitrogen and oxygen atoms in total. The van der Waals surface area contributed by atoms with Crippen molar-refractivity contribution in [3.8, 4) is 0 Å². The van der Waals surface area contributed by atoms with Crippen LogP contribution in [-0.2, 0) is 17.1 Å². The molecule has 6 rings (SSSR count). The van der Waals surface area contributed by atoms with E-state index in [1.807, 2.05) is 0 Å². The predicted molar refractivity (Wildman–Crippen MR) is 160 cm³/mol. The van der Waals surface area contributed by atoms with E-state index < -0.39 is 5.09 Å². The van der Waals surface area contributed by atoms with E-state index in [4.69, 9.17) is 48.1 Å². The summed E-state index contributed by atoms with van der Waals surface area (Å²) in [5.74, 6) is 4.68. The maximum atomic E-state index is 8.36. The molecule has 5 N–H and O–H groups in total. The molecule has 0 aromatic heterocycles. The van der Waals surface area contributed by atoms with E-state index in [9.17, 15) is 0 Å². The smallest absolute Gasteiger partial charge is 0.661 e. The second-order valence-electron chi connectivity index (χ2n) is 13.7. The molecule has 12 unspecified atom stereocenters. The van der Waals surface area contributed by atoms with Crippen molar-refractivity contribution in [1.82, 2.24) is 0 Å². The van der Waals surface area contributed by atoms with Crippen molar-refractivity contribution in [1.29, 1.82) is 0 Å². The van der Waals surface area contributed by atoms with Crippen LogP contribution in [0.25, 0.3) is 21.3 Å². The fourth-order valence-corrected chi connectivity index (χ4v) is 8.57. The summed E-state index contributed by atoms with van der Waals surface area (Å²) in [6.45, 7) is 6.84. The van der Waals surface area contributed by atoms with Crippen LogP contribution in [0.15, 0.2) is 0 Å². The van der Waals surface area contributed by atoms with Crippen molar-refractivity contribution in [2.75, 3.05) is 13.1 Å². The van der Waals surface area contributed by atoms with Crippen molar-refractivity contribution in [3.63, 3.8) is 0 Å². The Hall–Kier alpha value is -0.521. The van der Waals surface area contributed by atoms with Crippen LogP contribution in [-0.4, -0.2) is 59.9 Å². The van der Waals surface area contributed by atoms with Gasteiger partial charge >= 0.3 is 17.1 Å². The van der Waals surface area contributed by atoms with Crippen molar-refractivity contribution in [2.24, 2.45) is 47.0 Å². The van der Waals surface area contributed by atoms with Crippen LogP contribution in [0.5, 0.6) is 0 Å². The van der Waals surface area contributed by atoms with Gasteiger partial charge in [-0.2, -0.15) is 24.2 Å². The van der Waals surface area contributed by atoms with Crippen LogP contribution >= 0.6 is 0 Å². The molecule has 6 aliphatic rings. The number of rotatable bonds is 2. The molecule has 2 aliphatic carbocycles. The number of nitrogens with zero attached hydrogens (tertiary/aromatic N) is 5. The van der Waals surface area contributed by atoms with Crippen LogP contribution in [0.1, 0.15) is 104 Å². The van der Waals surface area contributed by atoms with Gasteiger partial charge < -0.3 is 37.9 Å². The van der Waals surface area contributed by atoms with E-state index in [0.29, 0.717) is 36.0 Å². The zero-order chi connectivity index (χ0) is 28.6. The molecule has 242 valence electrons. The van der Waals surface area contributed by atoms with Gasteiger partial charge in [0.05, 0.1) is 0 Å². The monoisotopic (exact) mass is 624 g/mol. The maximum Gasteiger partial charge on any atom is 1.00 e. The van der Waals surface area contributed by atoms with Gasteiger partial charge in [-0.15, -0.1) is 23.2 Å². The average molecular weight is 625 g/mol. The Morgan fingerprint density at radius 2 is 1.05 bits per heavy atom. The minimum absolute atomic E-state index is 0. The fourth-order valence-electron chi connectivity index (χ4n) is 8.57. The third kappa shape index (κ3) is 10.3. The minimum Gasteiger partial charge on any atom is -0.661 e. The molecule has 0 aromatic rings. The number of piperidine rings is 4. The molecule has 2 saturated carbocycles. The summed E-state index contributed by atoms with van der Waals surface area (Å²) >= 11 is 0. The molecule has 41 heavy (non-hydrogen) atoms. The van der Waals surface area contributed by atoms with Gasteiger partial charge in [0, 0.05) is 0 Å². The van der Waals surface area contributed by atoms with Crippen molar-refractivity contribution < 1.29 is 27.4 Å². The largest absolute Gasteiger partial charge is 1.00 e. The molecular formula is C30H55CuN7O3-3. The van der Waals surface area contributed by atoms with Gasteiger partial charge in [0.25, 0.3) is 5.09 Å². The summed E-state index contributed by atoms with van der Waals surface area (Å²) in [7, 11) is 0. The molecule has 0 aromatic carbocycles. The Kier molecular flexibility index (Phi) is 14.6. The fraction of sp³-hybridized carbons (Fsp3) is 1.00. The molecule has 12 atom stereocenters. The predicted octanol–water partition coefficient (Wildman–Crippen LogP) is 6.44. The second-order valence-corrected chi connectivity index (χ2v) is 13.7. The first-order valence-corrected chi connectivity index (χ1v) is 16.3. The van der Waals surface area contributed by atoms with Gasteiger partial charge in [-0.1, -0.05) is 90.4 Å². The third-order valence-electron chi connectivity index (χ3n) is 10.7. The summed E-state index contributed by atoms with van der Waals surface area (Å²) in [5.41, 5.74) is 12.7. The van der Waals surface area contributed by atoms with E-state index in [2.05, 4.69) is 13.8 Å². The Balaban J connectivity index is 0.000000196. The number of hydrogen-bond donors (Lipinski definition) is 3. The number of nitrogens with two attached hydrogens (primary N) is 2. The maximum absolute atomic E-state index is 8.36. The quantitative estimate of drug-likeness (QED) is 0.182. The molecule has 0 radical (unpaired) electrons. The molecular weight excluding hydrogens is 570 g/mol. The summed E-state index contributed by atoms with van der Waals surface area (Å²) < 4.78 is 0. The van der Waals surface area contributed by atoms with Crippen molar-refractivity contribution >= 4 is 0 Å². The number of hydrogen-bond acceptors (Lipinski definition) is 4. The van der Waals surface area contributed by atoms with Crippen LogP contribution < -0.4 is 11.5 Å². The average Bonchev–Trinajstić information content (AvgIpc) is 2.95. The summed E-state index contributed by atoms with van der Waals surface area (Å²) in [6, 6.07) is 1.86. The molecule has 4 heterocycles. The van der Waals surface area contributed by atoms with Crippen LogP contribution in [0.2, 0.25) is 0 Å². The second kappa shape index (κ2) is 17.1. The van der Waals surface area contributed by atoms with Crippen LogP contribution in [0.3, 0.4) is 0 Å². The first-order valence-electron chi connectivity index (χ1n) is 16.3. The number of fused-ring (bicyclic) bond motifs is 2. The Morgan fingerprint density at radius 3 is 1.39 bits per heavy atom. The van der Waals surface area contributed by atoms with Gasteiger partial charge in [-0.3, -0.25) is 0 Å². The Bertz CT molecular complexity index is 710. The zero-order valence-corrected chi connectivity index (χ0v) is 26.1. The van der Waals surface area contributed by atoms with Crippen molar-refractivity contribution in [3.05, 3.63) is 31.4 Å². The van der Waals surface area contributed by atoms with Gasteiger partial charge in [0.1, 0.15) is 0 Å². The topological polar surface area (TPSA) is 172 Å². The normalized spacial score (nSPS) is 44.2. The molecule has 4 saturated heterocycles. The molecule has 4 aliphatic heterocycles. The van der Waals surface area contributed by atoms with Gasteiger partial charge in [-0.05, 0) is 61.2 Å². The van der Waals surface area contributed by atoms with Crippen LogP contribution in [0, 0.1) is 45.6 Å². The molecule has 6 fully saturated rings. The van der Waals surface area contributed by atoms with E-state index in [1.54, 1.807) is 0 Å². The van der Waals surface area contributed by atoms with E-state index >= 15 is 0 Å². The van der Waals surface area contributed by atoms with Crippen molar-refractivity contribution in [2.45, 2.75) is 140 Å². The molecule has 0 bridgehead atoms. The third-order valence-corrected chi connectivity index (χ3v) is 10.7. The minimum atomic E-state index is -1.50. The Labute approximate surface area is 258 Å². The Morgan fingerprint density at radius 1 is 0.659 bits per heavy atom. The van der Waals surface area contributed by atoms with E-state index in [-0.39, 0.29) is 29.4 Å². The van der Waals surface area contributed by atoms with Gasteiger partial charge in [-0.25, -0.2) is 0 Å². The van der Waals surface area contributed by atoms with Gasteiger partial charge in [0.15, 0.2) is 0 Å².